The average molecular weight is 331 g/mol. The van der Waals surface area contributed by atoms with E-state index < -0.39 is 0 Å². The number of aromatic nitrogens is 2. The van der Waals surface area contributed by atoms with Gasteiger partial charge in [0.1, 0.15) is 4.88 Å². The van der Waals surface area contributed by atoms with Gasteiger partial charge in [-0.05, 0) is 18.6 Å². The Morgan fingerprint density at radius 3 is 2.86 bits per heavy atom. The topological polar surface area (TPSA) is 54.9 Å². The van der Waals surface area contributed by atoms with Crippen molar-refractivity contribution in [2.45, 2.75) is 26.2 Å². The van der Waals surface area contributed by atoms with Crippen LogP contribution in [-0.2, 0) is 6.42 Å². The molecule has 0 aliphatic rings. The highest BCUT2D eigenvalue weighted by molar-refractivity contribution is 7.18. The van der Waals surface area contributed by atoms with Crippen LogP contribution in [0.4, 0.5) is 0 Å². The van der Waals surface area contributed by atoms with Crippen LogP contribution in [0, 0.1) is 0 Å². The molecule has 0 aliphatic heterocycles. The monoisotopic (exact) mass is 331 g/mol. The van der Waals surface area contributed by atoms with Crippen molar-refractivity contribution in [2.75, 3.05) is 6.54 Å². The Labute approximate surface area is 137 Å². The highest BCUT2D eigenvalue weighted by Gasteiger charge is 2.15. The van der Waals surface area contributed by atoms with Crippen LogP contribution in [0.15, 0.2) is 30.5 Å². The van der Waals surface area contributed by atoms with Gasteiger partial charge in [0.25, 0.3) is 5.91 Å². The number of fused-ring (bicyclic) bond motifs is 1. The minimum Gasteiger partial charge on any atom is -0.351 e. The van der Waals surface area contributed by atoms with Gasteiger partial charge in [-0.2, -0.15) is 0 Å². The largest absolute Gasteiger partial charge is 0.351 e. The van der Waals surface area contributed by atoms with Gasteiger partial charge in [-0.25, -0.2) is 9.97 Å². The molecule has 0 saturated carbocycles. The molecule has 1 amide bonds. The summed E-state index contributed by atoms with van der Waals surface area (Å²) in [6.45, 7) is 4.70. The third kappa shape index (κ3) is 3.18. The van der Waals surface area contributed by atoms with Gasteiger partial charge in [0, 0.05) is 12.5 Å². The van der Waals surface area contributed by atoms with Crippen LogP contribution in [0.1, 0.15) is 39.5 Å². The van der Waals surface area contributed by atoms with Gasteiger partial charge in [-0.3, -0.25) is 4.79 Å². The Hall–Kier alpha value is -1.79. The summed E-state index contributed by atoms with van der Waals surface area (Å²) in [6, 6.07) is 8.11. The summed E-state index contributed by atoms with van der Waals surface area (Å²) in [5.74, 6) is 0.144. The average Bonchev–Trinajstić information content (AvgIpc) is 3.18. The fourth-order valence-electron chi connectivity index (χ4n) is 2.10. The molecule has 3 rings (SSSR count). The molecule has 1 unspecified atom stereocenters. The predicted octanol–water partition coefficient (Wildman–Crippen LogP) is 3.85. The molecule has 1 aromatic carbocycles. The molecular weight excluding hydrogens is 314 g/mol. The lowest BCUT2D eigenvalue weighted by atomic mass is 10.2. The molecule has 3 aromatic rings. The Bertz CT molecular complexity index is 760. The van der Waals surface area contributed by atoms with E-state index >= 15 is 0 Å². The van der Waals surface area contributed by atoms with Crippen molar-refractivity contribution in [2.24, 2.45) is 0 Å². The van der Waals surface area contributed by atoms with E-state index in [0.29, 0.717) is 11.4 Å². The van der Waals surface area contributed by atoms with Gasteiger partial charge in [-0.1, -0.05) is 26.0 Å². The van der Waals surface area contributed by atoms with Crippen LogP contribution in [0.5, 0.6) is 0 Å². The number of hydrogen-bond donors (Lipinski definition) is 1. The highest BCUT2D eigenvalue weighted by atomic mass is 32.1. The quantitative estimate of drug-likeness (QED) is 0.772. The number of thiazole rings is 2. The number of rotatable bonds is 5. The van der Waals surface area contributed by atoms with Gasteiger partial charge in [0.2, 0.25) is 0 Å². The fraction of sp³-hybridized carbons (Fsp3) is 0.312. The number of benzene rings is 1. The first-order valence-corrected chi connectivity index (χ1v) is 8.89. The number of nitrogens with one attached hydrogen (secondary N) is 1. The smallest absolute Gasteiger partial charge is 0.263 e. The van der Waals surface area contributed by atoms with Gasteiger partial charge in [0.15, 0.2) is 0 Å². The van der Waals surface area contributed by atoms with Crippen molar-refractivity contribution in [1.29, 1.82) is 0 Å². The fourth-order valence-corrected chi connectivity index (χ4v) is 3.89. The zero-order valence-electron chi connectivity index (χ0n) is 12.5. The first-order valence-electron chi connectivity index (χ1n) is 7.25. The summed E-state index contributed by atoms with van der Waals surface area (Å²) in [5.41, 5.74) is 1.02. The maximum absolute atomic E-state index is 12.1. The van der Waals surface area contributed by atoms with Crippen LogP contribution in [0.2, 0.25) is 0 Å². The third-order valence-corrected chi connectivity index (χ3v) is 5.79. The molecule has 0 bridgehead atoms. The second-order valence-electron chi connectivity index (χ2n) is 5.10. The summed E-state index contributed by atoms with van der Waals surface area (Å²) < 4.78 is 1.19. The first kappa shape index (κ1) is 15.1. The Morgan fingerprint density at radius 2 is 2.14 bits per heavy atom. The van der Waals surface area contributed by atoms with Crippen molar-refractivity contribution in [3.63, 3.8) is 0 Å². The van der Waals surface area contributed by atoms with Gasteiger partial charge in [0.05, 0.1) is 26.4 Å². The van der Waals surface area contributed by atoms with Crippen molar-refractivity contribution < 1.29 is 4.79 Å². The van der Waals surface area contributed by atoms with Crippen LogP contribution in [-0.4, -0.2) is 22.4 Å². The van der Waals surface area contributed by atoms with Crippen molar-refractivity contribution in [3.8, 4) is 0 Å². The van der Waals surface area contributed by atoms with E-state index in [2.05, 4.69) is 28.3 Å². The van der Waals surface area contributed by atoms with Gasteiger partial charge in [-0.15, -0.1) is 22.7 Å². The van der Waals surface area contributed by atoms with Crippen LogP contribution in [0.25, 0.3) is 10.2 Å². The lowest BCUT2D eigenvalue weighted by Crippen LogP contribution is -2.26. The molecule has 0 spiro atoms. The number of hydrogen-bond acceptors (Lipinski definition) is 5. The van der Waals surface area contributed by atoms with E-state index in [-0.39, 0.29) is 11.8 Å². The van der Waals surface area contributed by atoms with Crippen LogP contribution in [0.3, 0.4) is 0 Å². The zero-order valence-corrected chi connectivity index (χ0v) is 14.1. The number of aryl methyl sites for hydroxylation is 1. The molecule has 0 aliphatic carbocycles. The summed E-state index contributed by atoms with van der Waals surface area (Å²) in [5, 5.41) is 5.02. The third-order valence-electron chi connectivity index (χ3n) is 3.38. The molecule has 4 nitrogen and oxygen atoms in total. The summed E-state index contributed by atoms with van der Waals surface area (Å²) in [6.07, 6.45) is 2.52. The van der Waals surface area contributed by atoms with E-state index in [4.69, 9.17) is 0 Å². The standard InChI is InChI=1S/C16H17N3OS2/c1-3-14-17-9-13(21-14)15(20)18-8-10(2)16-19-11-6-4-5-7-12(11)22-16/h4-7,9-10H,3,8H2,1-2H3,(H,18,20). The maximum atomic E-state index is 12.1. The predicted molar refractivity (Wildman–Crippen MR) is 91.9 cm³/mol. The Kier molecular flexibility index (Phi) is 4.49. The van der Waals surface area contributed by atoms with E-state index in [1.165, 1.54) is 16.0 Å². The normalized spacial score (nSPS) is 12.5. The number of carbonyl (C=O) groups excluding carboxylic acids is 1. The van der Waals surface area contributed by atoms with E-state index in [1.807, 2.05) is 25.1 Å². The molecule has 6 heteroatoms. The number of carbonyl (C=O) groups is 1. The minimum absolute atomic E-state index is 0.0508. The van der Waals surface area contributed by atoms with Gasteiger partial charge < -0.3 is 5.32 Å². The molecule has 22 heavy (non-hydrogen) atoms. The summed E-state index contributed by atoms with van der Waals surface area (Å²) >= 11 is 3.14. The molecular formula is C16H17N3OS2. The first-order chi connectivity index (χ1) is 10.7. The number of nitrogens with zero attached hydrogens (tertiary/aromatic N) is 2. The zero-order chi connectivity index (χ0) is 15.5. The second-order valence-corrected chi connectivity index (χ2v) is 7.28. The van der Waals surface area contributed by atoms with Crippen molar-refractivity contribution in [1.82, 2.24) is 15.3 Å². The second kappa shape index (κ2) is 6.54. The van der Waals surface area contributed by atoms with Gasteiger partial charge >= 0.3 is 0 Å². The Balaban J connectivity index is 1.64. The van der Waals surface area contributed by atoms with E-state index in [9.17, 15) is 4.79 Å². The van der Waals surface area contributed by atoms with Crippen molar-refractivity contribution in [3.05, 3.63) is 45.4 Å². The van der Waals surface area contributed by atoms with Crippen LogP contribution >= 0.6 is 22.7 Å². The Morgan fingerprint density at radius 1 is 1.32 bits per heavy atom. The SMILES string of the molecule is CCc1ncc(C(=O)NCC(C)c2nc3ccccc3s2)s1. The molecule has 0 radical (unpaired) electrons. The maximum Gasteiger partial charge on any atom is 0.263 e. The summed E-state index contributed by atoms with van der Waals surface area (Å²) in [4.78, 5) is 21.7. The number of para-hydroxylation sites is 1. The minimum atomic E-state index is -0.0508. The molecule has 1 atom stereocenters. The lowest BCUT2D eigenvalue weighted by Gasteiger charge is -2.08. The van der Waals surface area contributed by atoms with E-state index in [0.717, 1.165) is 22.0 Å². The molecule has 0 saturated heterocycles. The number of amides is 1. The molecule has 114 valence electrons. The lowest BCUT2D eigenvalue weighted by molar-refractivity contribution is 0.0955. The molecule has 2 heterocycles. The summed E-state index contributed by atoms with van der Waals surface area (Å²) in [7, 11) is 0. The molecule has 2 aromatic heterocycles. The molecule has 1 N–H and O–H groups in total. The van der Waals surface area contributed by atoms with E-state index in [1.54, 1.807) is 17.5 Å². The highest BCUT2D eigenvalue weighted by Crippen LogP contribution is 2.27. The molecule has 0 fully saturated rings. The van der Waals surface area contributed by atoms with Crippen LogP contribution < -0.4 is 5.32 Å². The van der Waals surface area contributed by atoms with Crippen molar-refractivity contribution >= 4 is 38.8 Å².